The first-order valence-electron chi connectivity index (χ1n) is 5.36. The number of hydrogen-bond donors (Lipinski definition) is 2. The first kappa shape index (κ1) is 12.8. The number of halogens is 1. The van der Waals surface area contributed by atoms with Crippen molar-refractivity contribution in [1.82, 2.24) is 4.98 Å². The zero-order chi connectivity index (χ0) is 14.0. The Labute approximate surface area is 108 Å². The lowest BCUT2D eigenvalue weighted by atomic mass is 10.0. The molecule has 0 amide bonds. The number of pyridine rings is 1. The molecule has 1 heterocycles. The fourth-order valence-electron chi connectivity index (χ4n) is 1.69. The number of ether oxygens (including phenoxy) is 1. The molecule has 0 radical (unpaired) electrons. The third kappa shape index (κ3) is 2.47. The van der Waals surface area contributed by atoms with E-state index in [0.29, 0.717) is 5.75 Å². The second kappa shape index (κ2) is 4.93. The highest BCUT2D eigenvalue weighted by Gasteiger charge is 2.17. The van der Waals surface area contributed by atoms with Gasteiger partial charge in [0.1, 0.15) is 17.4 Å². The molecule has 19 heavy (non-hydrogen) atoms. The third-order valence-corrected chi connectivity index (χ3v) is 2.58. The lowest BCUT2D eigenvalue weighted by Crippen LogP contribution is -2.06. The molecular formula is C13H11FN2O3. The van der Waals surface area contributed by atoms with Gasteiger partial charge in [0, 0.05) is 11.1 Å². The largest absolute Gasteiger partial charge is 0.497 e. The summed E-state index contributed by atoms with van der Waals surface area (Å²) < 4.78 is 18.8. The van der Waals surface area contributed by atoms with E-state index in [4.69, 9.17) is 15.6 Å². The molecule has 0 spiro atoms. The minimum absolute atomic E-state index is 0.0597. The van der Waals surface area contributed by atoms with Crippen molar-refractivity contribution in [1.29, 1.82) is 0 Å². The molecule has 0 aliphatic rings. The van der Waals surface area contributed by atoms with Gasteiger partial charge in [-0.25, -0.2) is 14.2 Å². The number of aromatic carboxylic acids is 1. The van der Waals surface area contributed by atoms with Crippen LogP contribution in [0.3, 0.4) is 0 Å². The Morgan fingerprint density at radius 2 is 2.05 bits per heavy atom. The lowest BCUT2D eigenvalue weighted by molar-refractivity contribution is 0.0691. The summed E-state index contributed by atoms with van der Waals surface area (Å²) >= 11 is 0. The highest BCUT2D eigenvalue weighted by molar-refractivity contribution is 5.94. The van der Waals surface area contributed by atoms with Gasteiger partial charge in [0.05, 0.1) is 7.11 Å². The summed E-state index contributed by atoms with van der Waals surface area (Å²) in [6, 6.07) is 6.90. The normalized spacial score (nSPS) is 10.2. The first-order valence-corrected chi connectivity index (χ1v) is 5.36. The fourth-order valence-corrected chi connectivity index (χ4v) is 1.69. The van der Waals surface area contributed by atoms with Gasteiger partial charge in [0.25, 0.3) is 0 Å². The molecular weight excluding hydrogens is 251 g/mol. The van der Waals surface area contributed by atoms with E-state index in [-0.39, 0.29) is 22.6 Å². The van der Waals surface area contributed by atoms with Crippen LogP contribution in [0, 0.1) is 5.82 Å². The molecule has 1 aromatic carbocycles. The number of nitrogens with zero attached hydrogens (tertiary/aromatic N) is 1. The Morgan fingerprint density at radius 3 is 2.68 bits per heavy atom. The van der Waals surface area contributed by atoms with Crippen LogP contribution in [0.2, 0.25) is 0 Å². The van der Waals surface area contributed by atoms with Crippen molar-refractivity contribution in [2.24, 2.45) is 0 Å². The highest BCUT2D eigenvalue weighted by Crippen LogP contribution is 2.29. The van der Waals surface area contributed by atoms with Gasteiger partial charge in [-0.1, -0.05) is 0 Å². The molecule has 0 aliphatic heterocycles. The van der Waals surface area contributed by atoms with Gasteiger partial charge in [-0.2, -0.15) is 0 Å². The van der Waals surface area contributed by atoms with Gasteiger partial charge >= 0.3 is 5.97 Å². The highest BCUT2D eigenvalue weighted by atomic mass is 19.1. The van der Waals surface area contributed by atoms with Gasteiger partial charge in [0.15, 0.2) is 5.69 Å². The van der Waals surface area contributed by atoms with Crippen LogP contribution in [0.4, 0.5) is 10.2 Å². The number of carboxylic acid groups (broad SMARTS) is 1. The SMILES string of the molecule is COc1ccc(F)c(-c2ccc(N)nc2C(=O)O)c1. The number of carboxylic acids is 1. The van der Waals surface area contributed by atoms with Gasteiger partial charge in [-0.15, -0.1) is 0 Å². The van der Waals surface area contributed by atoms with Crippen LogP contribution in [-0.4, -0.2) is 23.2 Å². The average Bonchev–Trinajstić information content (AvgIpc) is 2.39. The molecule has 5 nitrogen and oxygen atoms in total. The number of aromatic nitrogens is 1. The van der Waals surface area contributed by atoms with Crippen molar-refractivity contribution in [3.05, 3.63) is 41.8 Å². The van der Waals surface area contributed by atoms with Crippen LogP contribution < -0.4 is 10.5 Å². The topological polar surface area (TPSA) is 85.4 Å². The van der Waals surface area contributed by atoms with Crippen molar-refractivity contribution in [2.45, 2.75) is 0 Å². The molecule has 0 atom stereocenters. The van der Waals surface area contributed by atoms with Crippen LogP contribution in [-0.2, 0) is 0 Å². The number of methoxy groups -OCH3 is 1. The number of benzene rings is 1. The van der Waals surface area contributed by atoms with Crippen molar-refractivity contribution in [3.8, 4) is 16.9 Å². The Balaban J connectivity index is 2.67. The molecule has 0 aliphatic carbocycles. The summed E-state index contributed by atoms with van der Waals surface area (Å²) in [7, 11) is 1.44. The summed E-state index contributed by atoms with van der Waals surface area (Å²) in [6.45, 7) is 0. The van der Waals surface area contributed by atoms with E-state index in [1.807, 2.05) is 0 Å². The second-order valence-corrected chi connectivity index (χ2v) is 3.78. The van der Waals surface area contributed by atoms with E-state index in [9.17, 15) is 9.18 Å². The van der Waals surface area contributed by atoms with E-state index in [0.717, 1.165) is 0 Å². The van der Waals surface area contributed by atoms with E-state index in [2.05, 4.69) is 4.98 Å². The van der Waals surface area contributed by atoms with Gasteiger partial charge in [-0.3, -0.25) is 0 Å². The Kier molecular flexibility index (Phi) is 3.33. The van der Waals surface area contributed by atoms with Crippen LogP contribution in [0.5, 0.6) is 5.75 Å². The van der Waals surface area contributed by atoms with E-state index >= 15 is 0 Å². The number of nitrogens with two attached hydrogens (primary N) is 1. The maximum atomic E-state index is 13.8. The van der Waals surface area contributed by atoms with Crippen LogP contribution in [0.1, 0.15) is 10.5 Å². The van der Waals surface area contributed by atoms with Crippen LogP contribution >= 0.6 is 0 Å². The molecule has 2 aromatic rings. The first-order chi connectivity index (χ1) is 9.02. The summed E-state index contributed by atoms with van der Waals surface area (Å²) in [6.07, 6.45) is 0. The molecule has 98 valence electrons. The molecule has 2 rings (SSSR count). The van der Waals surface area contributed by atoms with Crippen molar-refractivity contribution in [3.63, 3.8) is 0 Å². The minimum Gasteiger partial charge on any atom is -0.497 e. The van der Waals surface area contributed by atoms with Crippen molar-refractivity contribution in [2.75, 3.05) is 12.8 Å². The van der Waals surface area contributed by atoms with Crippen LogP contribution in [0.15, 0.2) is 30.3 Å². The molecule has 0 fully saturated rings. The number of rotatable bonds is 3. The Morgan fingerprint density at radius 1 is 1.32 bits per heavy atom. The molecule has 3 N–H and O–H groups in total. The molecule has 0 saturated heterocycles. The summed E-state index contributed by atoms with van der Waals surface area (Å²) in [4.78, 5) is 14.9. The smallest absolute Gasteiger partial charge is 0.355 e. The predicted molar refractivity (Wildman–Crippen MR) is 67.6 cm³/mol. The van der Waals surface area contributed by atoms with Gasteiger partial charge in [0.2, 0.25) is 0 Å². The standard InChI is InChI=1S/C13H11FN2O3/c1-19-7-2-4-10(14)9(6-7)8-3-5-11(15)16-12(8)13(17)18/h2-6H,1H3,(H2,15,16)(H,17,18). The summed E-state index contributed by atoms with van der Waals surface area (Å²) in [5.41, 5.74) is 5.40. The summed E-state index contributed by atoms with van der Waals surface area (Å²) in [5, 5.41) is 9.10. The van der Waals surface area contributed by atoms with Crippen LogP contribution in [0.25, 0.3) is 11.1 Å². The maximum Gasteiger partial charge on any atom is 0.355 e. The quantitative estimate of drug-likeness (QED) is 0.885. The van der Waals surface area contributed by atoms with E-state index < -0.39 is 11.8 Å². The molecule has 6 heteroatoms. The van der Waals surface area contributed by atoms with Gasteiger partial charge < -0.3 is 15.6 Å². The van der Waals surface area contributed by atoms with Crippen molar-refractivity contribution >= 4 is 11.8 Å². The van der Waals surface area contributed by atoms with Crippen molar-refractivity contribution < 1.29 is 19.0 Å². The monoisotopic (exact) mass is 262 g/mol. The Bertz CT molecular complexity index is 644. The lowest BCUT2D eigenvalue weighted by Gasteiger charge is -2.09. The zero-order valence-electron chi connectivity index (χ0n) is 10.1. The van der Waals surface area contributed by atoms with E-state index in [1.54, 1.807) is 0 Å². The summed E-state index contributed by atoms with van der Waals surface area (Å²) in [5.74, 6) is -1.35. The van der Waals surface area contributed by atoms with E-state index in [1.165, 1.54) is 37.4 Å². The second-order valence-electron chi connectivity index (χ2n) is 3.78. The molecule has 0 bridgehead atoms. The third-order valence-electron chi connectivity index (χ3n) is 2.58. The number of carbonyl (C=O) groups is 1. The molecule has 0 saturated carbocycles. The van der Waals surface area contributed by atoms with Gasteiger partial charge in [-0.05, 0) is 30.3 Å². The molecule has 1 aromatic heterocycles. The average molecular weight is 262 g/mol. The minimum atomic E-state index is -1.27. The number of nitrogen functional groups attached to an aromatic ring is 1. The Hall–Kier alpha value is -2.63. The number of hydrogen-bond acceptors (Lipinski definition) is 4. The molecule has 0 unspecified atom stereocenters. The zero-order valence-corrected chi connectivity index (χ0v) is 10.1. The predicted octanol–water partition coefficient (Wildman–Crippen LogP) is 2.18. The fraction of sp³-hybridized carbons (Fsp3) is 0.0769. The maximum absolute atomic E-state index is 13.8. The number of anilines is 1.